The smallest absolute Gasteiger partial charge is 0.433 e. The van der Waals surface area contributed by atoms with Crippen LogP contribution in [0.15, 0.2) is 24.4 Å². The molecule has 0 bridgehead atoms. The van der Waals surface area contributed by atoms with Crippen molar-refractivity contribution in [2.75, 3.05) is 13.1 Å². The van der Waals surface area contributed by atoms with Gasteiger partial charge in [0.05, 0.1) is 23.7 Å². The standard InChI is InChI=1S/C25H30Cl2F3N3O3/c1-24(2,3)14-32(12-11-17-19(26)5-4-6-20(17)27)22(34)18-13-31-33(21(18)25(28,29)30)16-9-7-15(8-10-16)23(35)36/h4-6,13,15-16H,7-12,14H2,1-3H3,(H,35,36)/t15-,16-. The largest absolute Gasteiger partial charge is 0.481 e. The fraction of sp³-hybridized carbons (Fsp3) is 0.560. The van der Waals surface area contributed by atoms with E-state index in [1.165, 1.54) is 4.90 Å². The van der Waals surface area contributed by atoms with Gasteiger partial charge < -0.3 is 10.0 Å². The van der Waals surface area contributed by atoms with Crippen molar-refractivity contribution in [1.82, 2.24) is 14.7 Å². The molecule has 1 aliphatic rings. The molecular formula is C25H30Cl2F3N3O3. The summed E-state index contributed by atoms with van der Waals surface area (Å²) in [5.41, 5.74) is -1.38. The van der Waals surface area contributed by atoms with Gasteiger partial charge in [-0.25, -0.2) is 0 Å². The molecule has 36 heavy (non-hydrogen) atoms. The van der Waals surface area contributed by atoms with Crippen LogP contribution in [0.1, 0.15) is 74.1 Å². The number of nitrogens with zero attached hydrogens (tertiary/aromatic N) is 3. The van der Waals surface area contributed by atoms with E-state index in [4.69, 9.17) is 23.2 Å². The average Bonchev–Trinajstić information content (AvgIpc) is 3.22. The molecule has 1 N–H and O–H groups in total. The number of aliphatic carboxylic acids is 1. The van der Waals surface area contributed by atoms with Gasteiger partial charge in [-0.1, -0.05) is 50.0 Å². The topological polar surface area (TPSA) is 75.4 Å². The van der Waals surface area contributed by atoms with Crippen molar-refractivity contribution >= 4 is 35.1 Å². The Hall–Kier alpha value is -2.26. The van der Waals surface area contributed by atoms with Gasteiger partial charge >= 0.3 is 12.1 Å². The number of alkyl halides is 3. The minimum atomic E-state index is -4.81. The van der Waals surface area contributed by atoms with Crippen LogP contribution in [0, 0.1) is 11.3 Å². The number of halogens is 5. The molecule has 11 heteroatoms. The van der Waals surface area contributed by atoms with E-state index in [1.54, 1.807) is 18.2 Å². The number of aromatic nitrogens is 2. The minimum absolute atomic E-state index is 0.117. The molecule has 6 nitrogen and oxygen atoms in total. The van der Waals surface area contributed by atoms with Crippen molar-refractivity contribution in [1.29, 1.82) is 0 Å². The predicted octanol–water partition coefficient (Wildman–Crippen LogP) is 6.76. The summed E-state index contributed by atoms with van der Waals surface area (Å²) in [5.74, 6) is -2.30. The first-order chi connectivity index (χ1) is 16.7. The summed E-state index contributed by atoms with van der Waals surface area (Å²) in [6.45, 7) is 6.01. The third-order valence-corrected chi connectivity index (χ3v) is 7.04. The molecule has 0 saturated heterocycles. The molecule has 1 aromatic carbocycles. The van der Waals surface area contributed by atoms with Gasteiger partial charge in [0.15, 0.2) is 5.69 Å². The van der Waals surface area contributed by atoms with Crippen molar-refractivity contribution < 1.29 is 27.9 Å². The molecule has 3 rings (SSSR count). The molecule has 1 aliphatic carbocycles. The molecule has 0 radical (unpaired) electrons. The summed E-state index contributed by atoms with van der Waals surface area (Å²) in [6, 6.07) is 4.41. The molecule has 0 unspecified atom stereocenters. The Labute approximate surface area is 218 Å². The molecule has 0 atom stereocenters. The van der Waals surface area contributed by atoms with Gasteiger partial charge in [-0.05, 0) is 55.2 Å². The lowest BCUT2D eigenvalue weighted by atomic mass is 9.86. The molecule has 1 amide bonds. The van der Waals surface area contributed by atoms with E-state index in [-0.39, 0.29) is 50.6 Å². The van der Waals surface area contributed by atoms with E-state index >= 15 is 0 Å². The normalized spacial score (nSPS) is 18.8. The number of hydrogen-bond donors (Lipinski definition) is 1. The summed E-state index contributed by atoms with van der Waals surface area (Å²) < 4.78 is 43.6. The van der Waals surface area contributed by atoms with Crippen LogP contribution < -0.4 is 0 Å². The van der Waals surface area contributed by atoms with Gasteiger partial charge in [0, 0.05) is 23.1 Å². The number of hydrogen-bond acceptors (Lipinski definition) is 3. The third kappa shape index (κ3) is 6.73. The zero-order valence-corrected chi connectivity index (χ0v) is 21.9. The van der Waals surface area contributed by atoms with Crippen molar-refractivity contribution in [2.45, 2.75) is 65.1 Å². The van der Waals surface area contributed by atoms with Crippen molar-refractivity contribution in [3.05, 3.63) is 51.3 Å². The highest BCUT2D eigenvalue weighted by atomic mass is 35.5. The van der Waals surface area contributed by atoms with E-state index < -0.39 is 41.3 Å². The second-order valence-electron chi connectivity index (χ2n) is 10.4. The monoisotopic (exact) mass is 547 g/mol. The third-order valence-electron chi connectivity index (χ3n) is 6.33. The van der Waals surface area contributed by atoms with Gasteiger partial charge in [-0.15, -0.1) is 0 Å². The Morgan fingerprint density at radius 1 is 1.11 bits per heavy atom. The number of carboxylic acids is 1. The van der Waals surface area contributed by atoms with Gasteiger partial charge in [0.1, 0.15) is 0 Å². The molecule has 0 spiro atoms. The SMILES string of the molecule is CC(C)(C)CN(CCc1c(Cl)cccc1Cl)C(=O)c1cnn([C@H]2CC[C@H](C(=O)O)CC2)c1C(F)(F)F. The Morgan fingerprint density at radius 2 is 1.69 bits per heavy atom. The van der Waals surface area contributed by atoms with E-state index in [1.807, 2.05) is 20.8 Å². The minimum Gasteiger partial charge on any atom is -0.481 e. The Morgan fingerprint density at radius 3 is 2.19 bits per heavy atom. The summed E-state index contributed by atoms with van der Waals surface area (Å²) >= 11 is 12.5. The maximum Gasteiger partial charge on any atom is 0.433 e. The van der Waals surface area contributed by atoms with E-state index in [9.17, 15) is 27.9 Å². The highest BCUT2D eigenvalue weighted by Crippen LogP contribution is 2.39. The Bertz CT molecular complexity index is 1080. The highest BCUT2D eigenvalue weighted by Gasteiger charge is 2.43. The molecule has 1 heterocycles. The number of benzene rings is 1. The molecule has 2 aromatic rings. The molecule has 1 aromatic heterocycles. The zero-order chi connectivity index (χ0) is 26.8. The van der Waals surface area contributed by atoms with Crippen LogP contribution in [0.4, 0.5) is 13.2 Å². The molecule has 1 fully saturated rings. The molecule has 1 saturated carbocycles. The second kappa shape index (κ2) is 11.0. The lowest BCUT2D eigenvalue weighted by Gasteiger charge is -2.31. The Kier molecular flexibility index (Phi) is 8.66. The fourth-order valence-corrected chi connectivity index (χ4v) is 5.25. The van der Waals surface area contributed by atoms with Gasteiger partial charge in [-0.2, -0.15) is 18.3 Å². The summed E-state index contributed by atoms with van der Waals surface area (Å²) in [6.07, 6.45) is -2.56. The van der Waals surface area contributed by atoms with Crippen LogP contribution in [-0.4, -0.2) is 44.8 Å². The number of carboxylic acid groups (broad SMARTS) is 1. The van der Waals surface area contributed by atoms with Gasteiger partial charge in [0.25, 0.3) is 5.91 Å². The van der Waals surface area contributed by atoms with Crippen LogP contribution in [0.3, 0.4) is 0 Å². The zero-order valence-electron chi connectivity index (χ0n) is 20.4. The lowest BCUT2D eigenvalue weighted by Crippen LogP contribution is -2.40. The first-order valence-electron chi connectivity index (χ1n) is 11.8. The average molecular weight is 548 g/mol. The van der Waals surface area contributed by atoms with E-state index in [0.29, 0.717) is 15.6 Å². The summed E-state index contributed by atoms with van der Waals surface area (Å²) in [4.78, 5) is 26.2. The van der Waals surface area contributed by atoms with Crippen LogP contribution in [0.25, 0.3) is 0 Å². The van der Waals surface area contributed by atoms with Crippen LogP contribution in [-0.2, 0) is 17.4 Å². The van der Waals surface area contributed by atoms with Crippen molar-refractivity contribution in [3.63, 3.8) is 0 Å². The Balaban J connectivity index is 1.92. The van der Waals surface area contributed by atoms with Crippen LogP contribution in [0.2, 0.25) is 10.0 Å². The van der Waals surface area contributed by atoms with Gasteiger partial charge in [-0.3, -0.25) is 14.3 Å². The van der Waals surface area contributed by atoms with Crippen molar-refractivity contribution in [3.8, 4) is 0 Å². The maximum absolute atomic E-state index is 14.3. The van der Waals surface area contributed by atoms with Crippen LogP contribution >= 0.6 is 23.2 Å². The fourth-order valence-electron chi connectivity index (χ4n) is 4.66. The lowest BCUT2D eigenvalue weighted by molar-refractivity contribution is -0.147. The van der Waals surface area contributed by atoms with Crippen molar-refractivity contribution in [2.24, 2.45) is 11.3 Å². The summed E-state index contributed by atoms with van der Waals surface area (Å²) in [7, 11) is 0. The van der Waals surface area contributed by atoms with Gasteiger partial charge in [0.2, 0.25) is 0 Å². The maximum atomic E-state index is 14.3. The number of carbonyl (C=O) groups excluding carboxylic acids is 1. The molecule has 0 aliphatic heterocycles. The predicted molar refractivity (Wildman–Crippen MR) is 131 cm³/mol. The second-order valence-corrected chi connectivity index (χ2v) is 11.2. The van der Waals surface area contributed by atoms with E-state index in [0.717, 1.165) is 10.9 Å². The number of rotatable bonds is 7. The number of carbonyl (C=O) groups is 2. The first kappa shape index (κ1) is 28.3. The van der Waals surface area contributed by atoms with Crippen LogP contribution in [0.5, 0.6) is 0 Å². The summed E-state index contributed by atoms with van der Waals surface area (Å²) in [5, 5.41) is 14.0. The molecular weight excluding hydrogens is 518 g/mol. The quantitative estimate of drug-likeness (QED) is 0.415. The van der Waals surface area contributed by atoms with E-state index in [2.05, 4.69) is 5.10 Å². The number of amides is 1. The molecule has 198 valence electrons. The highest BCUT2D eigenvalue weighted by molar-refractivity contribution is 6.36. The first-order valence-corrected chi connectivity index (χ1v) is 12.5.